The standard InChI is InChI=1S/C18H29NO/c1-12-9-15(19)14-10-13(7-8-16(14)20-12)18(5,6)11-17(2,3)4/h7-8,10,12,15H,9,11,19H2,1-6H3. The lowest BCUT2D eigenvalue weighted by Crippen LogP contribution is -2.29. The summed E-state index contributed by atoms with van der Waals surface area (Å²) in [6.45, 7) is 13.6. The zero-order chi connectivity index (χ0) is 15.1. The summed E-state index contributed by atoms with van der Waals surface area (Å²) in [5.41, 5.74) is 9.29. The van der Waals surface area contributed by atoms with Crippen LogP contribution in [0.2, 0.25) is 0 Å². The Hall–Kier alpha value is -1.02. The highest BCUT2D eigenvalue weighted by Gasteiger charge is 2.30. The molecule has 1 aromatic carbocycles. The van der Waals surface area contributed by atoms with Gasteiger partial charge in [-0.15, -0.1) is 0 Å². The van der Waals surface area contributed by atoms with Crippen molar-refractivity contribution < 1.29 is 4.74 Å². The second-order valence-electron chi connectivity index (χ2n) is 8.14. The SMILES string of the molecule is CC1CC(N)c2cc(C(C)(C)CC(C)(C)C)ccc2O1. The molecule has 0 saturated carbocycles. The molecule has 1 aliphatic rings. The van der Waals surface area contributed by atoms with E-state index in [0.29, 0.717) is 5.41 Å². The van der Waals surface area contributed by atoms with Crippen LogP contribution < -0.4 is 10.5 Å². The predicted octanol–water partition coefficient (Wildman–Crippen LogP) is 4.57. The molecule has 20 heavy (non-hydrogen) atoms. The van der Waals surface area contributed by atoms with Crippen molar-refractivity contribution in [3.63, 3.8) is 0 Å². The predicted molar refractivity (Wildman–Crippen MR) is 85.2 cm³/mol. The molecule has 0 fully saturated rings. The van der Waals surface area contributed by atoms with Crippen molar-refractivity contribution in [2.75, 3.05) is 0 Å². The molecule has 0 aliphatic carbocycles. The minimum atomic E-state index is 0.0964. The van der Waals surface area contributed by atoms with E-state index >= 15 is 0 Å². The average Bonchev–Trinajstić information content (AvgIpc) is 2.24. The quantitative estimate of drug-likeness (QED) is 0.858. The van der Waals surface area contributed by atoms with Crippen LogP contribution in [0.5, 0.6) is 5.75 Å². The molecule has 2 rings (SSSR count). The van der Waals surface area contributed by atoms with Gasteiger partial charge in [-0.3, -0.25) is 0 Å². The van der Waals surface area contributed by atoms with Crippen LogP contribution in [0.15, 0.2) is 18.2 Å². The third-order valence-electron chi connectivity index (χ3n) is 4.08. The molecule has 1 aliphatic heterocycles. The van der Waals surface area contributed by atoms with E-state index in [9.17, 15) is 0 Å². The summed E-state index contributed by atoms with van der Waals surface area (Å²) in [5, 5.41) is 0. The Morgan fingerprint density at radius 2 is 1.85 bits per heavy atom. The largest absolute Gasteiger partial charge is 0.490 e. The number of benzene rings is 1. The maximum atomic E-state index is 6.30. The molecule has 2 nitrogen and oxygen atoms in total. The molecule has 2 N–H and O–H groups in total. The van der Waals surface area contributed by atoms with E-state index in [0.717, 1.165) is 18.6 Å². The topological polar surface area (TPSA) is 35.2 Å². The maximum Gasteiger partial charge on any atom is 0.124 e. The summed E-state index contributed by atoms with van der Waals surface area (Å²) < 4.78 is 5.89. The summed E-state index contributed by atoms with van der Waals surface area (Å²) >= 11 is 0. The first-order chi connectivity index (χ1) is 9.08. The number of hydrogen-bond donors (Lipinski definition) is 1. The van der Waals surface area contributed by atoms with E-state index in [1.807, 2.05) is 0 Å². The minimum absolute atomic E-state index is 0.0964. The third-order valence-corrected chi connectivity index (χ3v) is 4.08. The molecule has 1 aromatic rings. The van der Waals surface area contributed by atoms with Gasteiger partial charge in [0.2, 0.25) is 0 Å². The number of rotatable bonds is 2. The second-order valence-corrected chi connectivity index (χ2v) is 8.14. The van der Waals surface area contributed by atoms with E-state index in [-0.39, 0.29) is 17.6 Å². The molecule has 1 heterocycles. The van der Waals surface area contributed by atoms with Gasteiger partial charge in [-0.05, 0) is 41.9 Å². The number of hydrogen-bond acceptors (Lipinski definition) is 2. The Kier molecular flexibility index (Phi) is 3.90. The van der Waals surface area contributed by atoms with Crippen LogP contribution in [-0.4, -0.2) is 6.10 Å². The van der Waals surface area contributed by atoms with E-state index in [4.69, 9.17) is 10.5 Å². The van der Waals surface area contributed by atoms with Crippen LogP contribution in [-0.2, 0) is 5.41 Å². The summed E-state index contributed by atoms with van der Waals surface area (Å²) in [7, 11) is 0. The molecule has 0 aromatic heterocycles. The van der Waals surface area contributed by atoms with Gasteiger partial charge in [0.25, 0.3) is 0 Å². The highest BCUT2D eigenvalue weighted by molar-refractivity contribution is 5.43. The van der Waals surface area contributed by atoms with Crippen LogP contribution in [0.4, 0.5) is 0 Å². The van der Waals surface area contributed by atoms with E-state index in [1.54, 1.807) is 0 Å². The molecular weight excluding hydrogens is 246 g/mol. The monoisotopic (exact) mass is 275 g/mol. The fourth-order valence-corrected chi connectivity index (χ4v) is 3.54. The van der Waals surface area contributed by atoms with Crippen LogP contribution >= 0.6 is 0 Å². The van der Waals surface area contributed by atoms with E-state index in [1.165, 1.54) is 11.1 Å². The van der Waals surface area contributed by atoms with Crippen LogP contribution in [0.25, 0.3) is 0 Å². The summed E-state index contributed by atoms with van der Waals surface area (Å²) in [4.78, 5) is 0. The molecule has 2 heteroatoms. The first kappa shape index (κ1) is 15.4. The van der Waals surface area contributed by atoms with Gasteiger partial charge < -0.3 is 10.5 Å². The van der Waals surface area contributed by atoms with Gasteiger partial charge >= 0.3 is 0 Å². The first-order valence-corrected chi connectivity index (χ1v) is 7.65. The maximum absolute atomic E-state index is 6.30. The van der Waals surface area contributed by atoms with Gasteiger partial charge in [0.1, 0.15) is 5.75 Å². The molecule has 112 valence electrons. The Morgan fingerprint density at radius 3 is 2.45 bits per heavy atom. The molecule has 2 atom stereocenters. The summed E-state index contributed by atoms with van der Waals surface area (Å²) in [6, 6.07) is 6.66. The van der Waals surface area contributed by atoms with Crippen molar-refractivity contribution in [2.24, 2.45) is 11.1 Å². The highest BCUT2D eigenvalue weighted by Crippen LogP contribution is 2.40. The van der Waals surface area contributed by atoms with Gasteiger partial charge in [0, 0.05) is 18.0 Å². The van der Waals surface area contributed by atoms with Crippen LogP contribution in [0.1, 0.15) is 71.6 Å². The first-order valence-electron chi connectivity index (χ1n) is 7.65. The fraction of sp³-hybridized carbons (Fsp3) is 0.667. The lowest BCUT2D eigenvalue weighted by atomic mass is 9.72. The van der Waals surface area contributed by atoms with Crippen molar-refractivity contribution in [2.45, 2.75) is 71.9 Å². The Labute approximate surface area is 123 Å². The molecule has 0 bridgehead atoms. The molecule has 0 amide bonds. The Bertz CT molecular complexity index is 485. The van der Waals surface area contributed by atoms with Gasteiger partial charge in [-0.1, -0.05) is 40.7 Å². The summed E-state index contributed by atoms with van der Waals surface area (Å²) in [5.74, 6) is 0.964. The molecular formula is C18H29NO. The smallest absolute Gasteiger partial charge is 0.124 e. The third kappa shape index (κ3) is 3.35. The number of nitrogens with two attached hydrogens (primary N) is 1. The van der Waals surface area contributed by atoms with Gasteiger partial charge in [-0.25, -0.2) is 0 Å². The lowest BCUT2D eigenvalue weighted by molar-refractivity contribution is 0.176. The molecule has 2 unspecified atom stereocenters. The normalized spacial score (nSPS) is 23.1. The second kappa shape index (κ2) is 5.07. The zero-order valence-electron chi connectivity index (χ0n) is 13.8. The van der Waals surface area contributed by atoms with Crippen molar-refractivity contribution in [3.05, 3.63) is 29.3 Å². The van der Waals surface area contributed by atoms with Gasteiger partial charge in [0.05, 0.1) is 6.10 Å². The van der Waals surface area contributed by atoms with Crippen LogP contribution in [0, 0.1) is 5.41 Å². The highest BCUT2D eigenvalue weighted by atomic mass is 16.5. The summed E-state index contributed by atoms with van der Waals surface area (Å²) in [6.07, 6.45) is 2.26. The zero-order valence-corrected chi connectivity index (χ0v) is 13.8. The molecule has 0 saturated heterocycles. The van der Waals surface area contributed by atoms with Gasteiger partial charge in [0.15, 0.2) is 0 Å². The van der Waals surface area contributed by atoms with Gasteiger partial charge in [-0.2, -0.15) is 0 Å². The Morgan fingerprint density at radius 1 is 1.20 bits per heavy atom. The van der Waals surface area contributed by atoms with Crippen molar-refractivity contribution in [1.82, 2.24) is 0 Å². The van der Waals surface area contributed by atoms with Crippen molar-refractivity contribution in [1.29, 1.82) is 0 Å². The fourth-order valence-electron chi connectivity index (χ4n) is 3.54. The van der Waals surface area contributed by atoms with Crippen molar-refractivity contribution in [3.8, 4) is 5.75 Å². The average molecular weight is 275 g/mol. The van der Waals surface area contributed by atoms with E-state index < -0.39 is 0 Å². The van der Waals surface area contributed by atoms with Crippen molar-refractivity contribution >= 4 is 0 Å². The number of ether oxygens (including phenoxy) is 1. The minimum Gasteiger partial charge on any atom is -0.490 e. The molecule has 0 spiro atoms. The lowest BCUT2D eigenvalue weighted by Gasteiger charge is -2.35. The Balaban J connectivity index is 2.33. The molecule has 0 radical (unpaired) electrons. The van der Waals surface area contributed by atoms with Crippen LogP contribution in [0.3, 0.4) is 0 Å². The van der Waals surface area contributed by atoms with E-state index in [2.05, 4.69) is 59.7 Å². The number of fused-ring (bicyclic) bond motifs is 1.